The number of carbonyl (C=O) groups is 2. The van der Waals surface area contributed by atoms with Crippen LogP contribution in [0.4, 0.5) is 0 Å². The molecule has 0 aliphatic carbocycles. The molecule has 88 valence electrons. The van der Waals surface area contributed by atoms with Crippen molar-refractivity contribution in [2.24, 2.45) is 11.7 Å². The summed E-state index contributed by atoms with van der Waals surface area (Å²) in [5.41, 5.74) is 5.62. The zero-order valence-electron chi connectivity index (χ0n) is 9.58. The van der Waals surface area contributed by atoms with Crippen LogP contribution >= 0.6 is 0 Å². The van der Waals surface area contributed by atoms with E-state index in [9.17, 15) is 9.59 Å². The monoisotopic (exact) mass is 216 g/mol. The van der Waals surface area contributed by atoms with E-state index in [4.69, 9.17) is 5.73 Å². The molecule has 0 heterocycles. The predicted octanol–water partition coefficient (Wildman–Crippen LogP) is 0.0391. The van der Waals surface area contributed by atoms with Gasteiger partial charge in [0, 0.05) is 13.0 Å². The zero-order valence-corrected chi connectivity index (χ0v) is 9.58. The first-order valence-corrected chi connectivity index (χ1v) is 5.09. The van der Waals surface area contributed by atoms with E-state index in [1.54, 1.807) is 0 Å². The standard InChI is InChI=1S/C10H20N2O3/c1-7(2)9(11)10(14)12-6-4-5-8(13)15-3/h7,9H,4-6,11H2,1-3H3,(H,12,14)/t9-/m1/s1. The van der Waals surface area contributed by atoms with E-state index in [1.165, 1.54) is 7.11 Å². The second-order valence-corrected chi connectivity index (χ2v) is 3.74. The average Bonchev–Trinajstić information content (AvgIpc) is 2.22. The summed E-state index contributed by atoms with van der Waals surface area (Å²) >= 11 is 0. The van der Waals surface area contributed by atoms with Gasteiger partial charge in [0.1, 0.15) is 0 Å². The van der Waals surface area contributed by atoms with Crippen LogP contribution in [-0.2, 0) is 14.3 Å². The van der Waals surface area contributed by atoms with E-state index in [0.29, 0.717) is 19.4 Å². The fraction of sp³-hybridized carbons (Fsp3) is 0.800. The number of hydrogen-bond donors (Lipinski definition) is 2. The molecule has 0 rings (SSSR count). The van der Waals surface area contributed by atoms with Crippen molar-refractivity contribution in [2.75, 3.05) is 13.7 Å². The second-order valence-electron chi connectivity index (χ2n) is 3.74. The lowest BCUT2D eigenvalue weighted by Crippen LogP contribution is -2.44. The van der Waals surface area contributed by atoms with Crippen molar-refractivity contribution in [2.45, 2.75) is 32.7 Å². The Labute approximate surface area is 90.4 Å². The third-order valence-electron chi connectivity index (χ3n) is 2.11. The van der Waals surface area contributed by atoms with Crippen LogP contribution in [-0.4, -0.2) is 31.6 Å². The number of esters is 1. The van der Waals surface area contributed by atoms with Gasteiger partial charge in [-0.1, -0.05) is 13.8 Å². The fourth-order valence-corrected chi connectivity index (χ4v) is 0.967. The summed E-state index contributed by atoms with van der Waals surface area (Å²) in [5, 5.41) is 2.67. The molecule has 15 heavy (non-hydrogen) atoms. The second kappa shape index (κ2) is 7.23. The lowest BCUT2D eigenvalue weighted by Gasteiger charge is -2.14. The van der Waals surface area contributed by atoms with Gasteiger partial charge in [0.15, 0.2) is 0 Å². The van der Waals surface area contributed by atoms with Gasteiger partial charge in [-0.15, -0.1) is 0 Å². The molecule has 0 spiro atoms. The minimum absolute atomic E-state index is 0.116. The molecule has 5 heteroatoms. The van der Waals surface area contributed by atoms with E-state index < -0.39 is 6.04 Å². The van der Waals surface area contributed by atoms with Crippen molar-refractivity contribution >= 4 is 11.9 Å². The molecule has 5 nitrogen and oxygen atoms in total. The number of rotatable bonds is 6. The summed E-state index contributed by atoms with van der Waals surface area (Å²) in [4.78, 5) is 22.1. The van der Waals surface area contributed by atoms with E-state index in [1.807, 2.05) is 13.8 Å². The minimum Gasteiger partial charge on any atom is -0.469 e. The van der Waals surface area contributed by atoms with E-state index in [0.717, 1.165) is 0 Å². The van der Waals surface area contributed by atoms with Gasteiger partial charge in [-0.25, -0.2) is 0 Å². The molecule has 0 fully saturated rings. The highest BCUT2D eigenvalue weighted by Crippen LogP contribution is 1.98. The smallest absolute Gasteiger partial charge is 0.305 e. The molecular weight excluding hydrogens is 196 g/mol. The van der Waals surface area contributed by atoms with Crippen molar-refractivity contribution < 1.29 is 14.3 Å². The first kappa shape index (κ1) is 13.9. The minimum atomic E-state index is -0.483. The Bertz CT molecular complexity index is 217. The largest absolute Gasteiger partial charge is 0.469 e. The number of ether oxygens (including phenoxy) is 1. The zero-order chi connectivity index (χ0) is 11.8. The van der Waals surface area contributed by atoms with Gasteiger partial charge in [0.25, 0.3) is 0 Å². The van der Waals surface area contributed by atoms with Gasteiger partial charge in [-0.05, 0) is 12.3 Å². The number of nitrogens with one attached hydrogen (secondary N) is 1. The average molecular weight is 216 g/mol. The van der Waals surface area contributed by atoms with Gasteiger partial charge in [0.05, 0.1) is 13.2 Å². The number of nitrogens with two attached hydrogens (primary N) is 1. The molecule has 0 saturated heterocycles. The predicted molar refractivity (Wildman–Crippen MR) is 57.1 cm³/mol. The lowest BCUT2D eigenvalue weighted by atomic mass is 10.1. The Balaban J connectivity index is 3.60. The lowest BCUT2D eigenvalue weighted by molar-refractivity contribution is -0.140. The third-order valence-corrected chi connectivity index (χ3v) is 2.11. The maximum atomic E-state index is 11.3. The fourth-order valence-electron chi connectivity index (χ4n) is 0.967. The molecule has 0 aliphatic rings. The number of methoxy groups -OCH3 is 1. The summed E-state index contributed by atoms with van der Waals surface area (Å²) in [6.45, 7) is 4.23. The van der Waals surface area contributed by atoms with E-state index in [2.05, 4.69) is 10.1 Å². The Hall–Kier alpha value is -1.10. The summed E-state index contributed by atoms with van der Waals surface area (Å²) < 4.78 is 4.47. The topological polar surface area (TPSA) is 81.4 Å². The first-order chi connectivity index (χ1) is 6.99. The number of carbonyl (C=O) groups excluding carboxylic acids is 2. The van der Waals surface area contributed by atoms with Crippen LogP contribution < -0.4 is 11.1 Å². The van der Waals surface area contributed by atoms with Crippen molar-refractivity contribution in [1.29, 1.82) is 0 Å². The van der Waals surface area contributed by atoms with Crippen LogP contribution in [0.1, 0.15) is 26.7 Å². The molecule has 0 radical (unpaired) electrons. The van der Waals surface area contributed by atoms with Crippen molar-refractivity contribution in [3.63, 3.8) is 0 Å². The van der Waals surface area contributed by atoms with Crippen molar-refractivity contribution in [3.05, 3.63) is 0 Å². The van der Waals surface area contributed by atoms with E-state index >= 15 is 0 Å². The molecule has 3 N–H and O–H groups in total. The third kappa shape index (κ3) is 6.06. The van der Waals surface area contributed by atoms with Crippen LogP contribution in [0.3, 0.4) is 0 Å². The Morgan fingerprint density at radius 2 is 2.00 bits per heavy atom. The maximum absolute atomic E-state index is 11.3. The van der Waals surface area contributed by atoms with Crippen LogP contribution in [0.25, 0.3) is 0 Å². The Morgan fingerprint density at radius 3 is 2.47 bits per heavy atom. The molecule has 0 aromatic carbocycles. The van der Waals surface area contributed by atoms with Crippen LogP contribution in [0.15, 0.2) is 0 Å². The van der Waals surface area contributed by atoms with E-state index in [-0.39, 0.29) is 17.8 Å². The molecule has 0 aliphatic heterocycles. The highest BCUT2D eigenvalue weighted by molar-refractivity contribution is 5.81. The van der Waals surface area contributed by atoms with Gasteiger partial charge in [0.2, 0.25) is 5.91 Å². The summed E-state index contributed by atoms with van der Waals surface area (Å²) in [6, 6.07) is -0.483. The summed E-state index contributed by atoms with van der Waals surface area (Å²) in [5.74, 6) is -0.321. The Kier molecular flexibility index (Phi) is 6.70. The molecule has 0 bridgehead atoms. The quantitative estimate of drug-likeness (QED) is 0.485. The maximum Gasteiger partial charge on any atom is 0.305 e. The van der Waals surface area contributed by atoms with Crippen molar-refractivity contribution in [3.8, 4) is 0 Å². The van der Waals surface area contributed by atoms with Crippen molar-refractivity contribution in [1.82, 2.24) is 5.32 Å². The normalized spacial score (nSPS) is 12.3. The molecular formula is C10H20N2O3. The molecule has 0 unspecified atom stereocenters. The number of amides is 1. The highest BCUT2D eigenvalue weighted by atomic mass is 16.5. The van der Waals surface area contributed by atoms with Crippen LogP contribution in [0, 0.1) is 5.92 Å². The summed E-state index contributed by atoms with van der Waals surface area (Å²) in [6.07, 6.45) is 0.886. The van der Waals surface area contributed by atoms with Crippen LogP contribution in [0.5, 0.6) is 0 Å². The summed E-state index contributed by atoms with van der Waals surface area (Å²) in [7, 11) is 1.34. The van der Waals surface area contributed by atoms with Gasteiger partial charge in [-0.3, -0.25) is 9.59 Å². The van der Waals surface area contributed by atoms with Gasteiger partial charge in [-0.2, -0.15) is 0 Å². The Morgan fingerprint density at radius 1 is 1.40 bits per heavy atom. The SMILES string of the molecule is COC(=O)CCCNC(=O)[C@H](N)C(C)C. The molecule has 0 aromatic heterocycles. The van der Waals surface area contributed by atoms with Crippen LogP contribution in [0.2, 0.25) is 0 Å². The van der Waals surface area contributed by atoms with Gasteiger partial charge >= 0.3 is 5.97 Å². The molecule has 0 aromatic rings. The molecule has 0 saturated carbocycles. The highest BCUT2D eigenvalue weighted by Gasteiger charge is 2.16. The molecule has 1 atom stereocenters. The van der Waals surface area contributed by atoms with Gasteiger partial charge < -0.3 is 15.8 Å². The first-order valence-electron chi connectivity index (χ1n) is 5.09. The molecule has 1 amide bonds. The number of hydrogen-bond acceptors (Lipinski definition) is 4.